The minimum absolute atomic E-state index is 0.598. The number of nitrogens with one attached hydrogen (secondary N) is 1. The minimum Gasteiger partial charge on any atom is -0.238 e. The van der Waals surface area contributed by atoms with Gasteiger partial charge in [-0.25, -0.2) is 9.97 Å². The lowest BCUT2D eigenvalue weighted by Crippen LogP contribution is -2.06. The number of benzene rings is 2. The molecule has 2 aromatic carbocycles. The maximum Gasteiger partial charge on any atom is 0.205 e. The molecule has 7 heteroatoms. The Labute approximate surface area is 180 Å². The van der Waals surface area contributed by atoms with E-state index in [1.54, 1.807) is 11.8 Å². The highest BCUT2D eigenvalue weighted by Crippen LogP contribution is 2.31. The topological polar surface area (TPSA) is 80.2 Å². The number of thioether (sulfide) groups is 1. The third-order valence-corrected chi connectivity index (χ3v) is 5.73. The van der Waals surface area contributed by atoms with Gasteiger partial charge < -0.3 is 0 Å². The highest BCUT2D eigenvalue weighted by atomic mass is 32.2. The van der Waals surface area contributed by atoms with Crippen LogP contribution in [0.2, 0.25) is 0 Å². The van der Waals surface area contributed by atoms with Crippen LogP contribution in [0.3, 0.4) is 0 Å². The Bertz CT molecular complexity index is 1120. The van der Waals surface area contributed by atoms with Crippen molar-refractivity contribution in [2.75, 3.05) is 6.26 Å². The Kier molecular flexibility index (Phi) is 6.18. The summed E-state index contributed by atoms with van der Waals surface area (Å²) in [5.41, 5.74) is 6.83. The van der Waals surface area contributed by atoms with E-state index in [0.29, 0.717) is 5.82 Å². The van der Waals surface area contributed by atoms with Crippen LogP contribution in [0.1, 0.15) is 36.0 Å². The second kappa shape index (κ2) is 9.17. The number of aryl methyl sites for hydroxylation is 2. The first-order valence-corrected chi connectivity index (χ1v) is 11.2. The fourth-order valence-corrected chi connectivity index (χ4v) is 4.29. The molecule has 30 heavy (non-hydrogen) atoms. The van der Waals surface area contributed by atoms with Crippen molar-refractivity contribution in [3.63, 3.8) is 0 Å². The van der Waals surface area contributed by atoms with Crippen LogP contribution in [0.25, 0.3) is 22.5 Å². The molecule has 0 unspecified atom stereocenters. The van der Waals surface area contributed by atoms with Crippen LogP contribution >= 0.6 is 11.8 Å². The number of tetrazole rings is 1. The van der Waals surface area contributed by atoms with E-state index in [4.69, 9.17) is 4.98 Å². The van der Waals surface area contributed by atoms with Gasteiger partial charge >= 0.3 is 0 Å². The van der Waals surface area contributed by atoms with Gasteiger partial charge in [-0.05, 0) is 41.5 Å². The van der Waals surface area contributed by atoms with E-state index in [1.807, 2.05) is 25.1 Å². The van der Waals surface area contributed by atoms with Gasteiger partial charge in [0.1, 0.15) is 10.9 Å². The molecule has 6 nitrogen and oxygen atoms in total. The van der Waals surface area contributed by atoms with Gasteiger partial charge in [0.05, 0.1) is 0 Å². The molecule has 0 aliphatic heterocycles. The summed E-state index contributed by atoms with van der Waals surface area (Å²) in [6.07, 6.45) is 4.96. The molecule has 0 amide bonds. The Morgan fingerprint density at radius 2 is 1.73 bits per heavy atom. The van der Waals surface area contributed by atoms with Gasteiger partial charge in [0.25, 0.3) is 0 Å². The second-order valence-electron chi connectivity index (χ2n) is 7.11. The van der Waals surface area contributed by atoms with Crippen LogP contribution in [0.4, 0.5) is 0 Å². The zero-order chi connectivity index (χ0) is 20.9. The predicted molar refractivity (Wildman–Crippen MR) is 120 cm³/mol. The van der Waals surface area contributed by atoms with E-state index in [9.17, 15) is 0 Å². The summed E-state index contributed by atoms with van der Waals surface area (Å²) in [5.74, 6) is 1.44. The van der Waals surface area contributed by atoms with Crippen molar-refractivity contribution in [3.8, 4) is 22.5 Å². The van der Waals surface area contributed by atoms with Crippen molar-refractivity contribution >= 4 is 11.8 Å². The van der Waals surface area contributed by atoms with Gasteiger partial charge in [0.15, 0.2) is 0 Å². The van der Waals surface area contributed by atoms with Crippen LogP contribution in [0.5, 0.6) is 0 Å². The lowest BCUT2D eigenvalue weighted by atomic mass is 9.96. The lowest BCUT2D eigenvalue weighted by molar-refractivity contribution is 0.799. The quantitative estimate of drug-likeness (QED) is 0.341. The molecule has 1 N–H and O–H groups in total. The molecule has 0 atom stereocenters. The largest absolute Gasteiger partial charge is 0.238 e. The van der Waals surface area contributed by atoms with Crippen LogP contribution in [0, 0.1) is 6.92 Å². The third kappa shape index (κ3) is 4.26. The smallest absolute Gasteiger partial charge is 0.205 e. The summed E-state index contributed by atoms with van der Waals surface area (Å²) in [7, 11) is 0. The van der Waals surface area contributed by atoms with Gasteiger partial charge in [-0.2, -0.15) is 5.21 Å². The molecule has 0 radical (unpaired) electrons. The maximum absolute atomic E-state index is 4.73. The molecule has 4 rings (SSSR count). The average Bonchev–Trinajstić information content (AvgIpc) is 3.31. The summed E-state index contributed by atoms with van der Waals surface area (Å²) < 4.78 is 0. The zero-order valence-electron chi connectivity index (χ0n) is 17.4. The first-order valence-electron chi connectivity index (χ1n) is 10.0. The van der Waals surface area contributed by atoms with E-state index < -0.39 is 0 Å². The molecule has 0 saturated carbocycles. The van der Waals surface area contributed by atoms with Gasteiger partial charge in [-0.15, -0.1) is 22.0 Å². The monoisotopic (exact) mass is 416 g/mol. The first-order chi connectivity index (χ1) is 14.7. The Morgan fingerprint density at radius 1 is 0.967 bits per heavy atom. The third-order valence-electron chi connectivity index (χ3n) is 5.01. The second-order valence-corrected chi connectivity index (χ2v) is 7.90. The van der Waals surface area contributed by atoms with Gasteiger partial charge in [0, 0.05) is 23.2 Å². The normalized spacial score (nSPS) is 11.0. The molecular weight excluding hydrogens is 392 g/mol. The summed E-state index contributed by atoms with van der Waals surface area (Å²) in [5, 5.41) is 15.6. The predicted octanol–water partition coefficient (Wildman–Crippen LogP) is 4.90. The van der Waals surface area contributed by atoms with E-state index in [1.165, 1.54) is 16.8 Å². The molecule has 152 valence electrons. The molecule has 0 saturated heterocycles. The van der Waals surface area contributed by atoms with Crippen LogP contribution in [-0.4, -0.2) is 36.8 Å². The molecule has 0 spiro atoms. The van der Waals surface area contributed by atoms with E-state index in [-0.39, 0.29) is 0 Å². The summed E-state index contributed by atoms with van der Waals surface area (Å²) >= 11 is 1.70. The molecule has 0 fully saturated rings. The van der Waals surface area contributed by atoms with E-state index in [2.05, 4.69) is 69.1 Å². The number of rotatable bonds is 7. The standard InChI is InChI=1S/C23H24N6S/c1-4-7-21-20(23(30-3)25-15(2)24-21)14-16-10-12-17(13-11-16)18-8-5-6-9-19(18)22-26-28-29-27-22/h5-6,8-13H,4,7,14H2,1-3H3,(H,26,27,28,29). The summed E-state index contributed by atoms with van der Waals surface area (Å²) in [6, 6.07) is 16.8. The summed E-state index contributed by atoms with van der Waals surface area (Å²) in [6.45, 7) is 4.16. The Hall–Kier alpha value is -3.06. The Morgan fingerprint density at radius 3 is 2.40 bits per heavy atom. The average molecular weight is 417 g/mol. The molecule has 4 aromatic rings. The number of H-pyrrole nitrogens is 1. The van der Waals surface area contributed by atoms with Crippen LogP contribution < -0.4 is 0 Å². The SMILES string of the molecule is CCCc1nc(C)nc(SC)c1Cc1ccc(-c2ccccc2-c2nn[nH]n2)cc1. The van der Waals surface area contributed by atoms with E-state index in [0.717, 1.165) is 46.8 Å². The van der Waals surface area contributed by atoms with Crippen molar-refractivity contribution in [2.45, 2.75) is 38.1 Å². The van der Waals surface area contributed by atoms with Crippen molar-refractivity contribution in [3.05, 3.63) is 71.2 Å². The molecule has 2 heterocycles. The number of hydrogen-bond acceptors (Lipinski definition) is 6. The molecule has 0 aliphatic rings. The van der Waals surface area contributed by atoms with Crippen molar-refractivity contribution in [1.29, 1.82) is 0 Å². The number of hydrogen-bond donors (Lipinski definition) is 1. The van der Waals surface area contributed by atoms with Crippen LogP contribution in [0.15, 0.2) is 53.6 Å². The van der Waals surface area contributed by atoms with Gasteiger partial charge in [-0.3, -0.25) is 0 Å². The highest BCUT2D eigenvalue weighted by Gasteiger charge is 2.14. The molecule has 0 aliphatic carbocycles. The van der Waals surface area contributed by atoms with E-state index >= 15 is 0 Å². The number of aromatic amines is 1. The van der Waals surface area contributed by atoms with Gasteiger partial charge in [0.2, 0.25) is 5.82 Å². The van der Waals surface area contributed by atoms with Crippen molar-refractivity contribution in [2.24, 2.45) is 0 Å². The Balaban J connectivity index is 1.65. The summed E-state index contributed by atoms with van der Waals surface area (Å²) in [4.78, 5) is 9.39. The highest BCUT2D eigenvalue weighted by molar-refractivity contribution is 7.98. The lowest BCUT2D eigenvalue weighted by Gasteiger charge is -2.14. The molecular formula is C23H24N6S. The van der Waals surface area contributed by atoms with Gasteiger partial charge in [-0.1, -0.05) is 61.9 Å². The number of aromatic nitrogens is 6. The first kappa shape index (κ1) is 20.2. The fraction of sp³-hybridized carbons (Fsp3) is 0.261. The minimum atomic E-state index is 0.598. The van der Waals surface area contributed by atoms with Crippen molar-refractivity contribution in [1.82, 2.24) is 30.6 Å². The zero-order valence-corrected chi connectivity index (χ0v) is 18.2. The van der Waals surface area contributed by atoms with Crippen molar-refractivity contribution < 1.29 is 0 Å². The van der Waals surface area contributed by atoms with Crippen LogP contribution in [-0.2, 0) is 12.8 Å². The molecule has 2 aromatic heterocycles. The molecule has 0 bridgehead atoms. The fourth-order valence-electron chi connectivity index (χ4n) is 3.63. The number of nitrogens with zero attached hydrogens (tertiary/aromatic N) is 5. The maximum atomic E-state index is 4.73.